The lowest BCUT2D eigenvalue weighted by molar-refractivity contribution is 0.0298. The van der Waals surface area contributed by atoms with Crippen molar-refractivity contribution in [2.45, 2.75) is 29.9 Å². The predicted octanol–water partition coefficient (Wildman–Crippen LogP) is 4.47. The second-order valence-corrected chi connectivity index (χ2v) is 12.5. The number of rotatable bonds is 5. The fraction of sp³-hybridized carbons (Fsp3) is 0.407. The minimum absolute atomic E-state index is 0.0291. The highest BCUT2D eigenvalue weighted by Gasteiger charge is 2.37. The summed E-state index contributed by atoms with van der Waals surface area (Å²) in [6.07, 6.45) is 0. The van der Waals surface area contributed by atoms with Gasteiger partial charge in [0.05, 0.1) is 35.2 Å². The fourth-order valence-corrected chi connectivity index (χ4v) is 6.95. The van der Waals surface area contributed by atoms with Gasteiger partial charge in [0.1, 0.15) is 0 Å². The number of hydrogen-bond donors (Lipinski definition) is 2. The molecule has 1 saturated heterocycles. The van der Waals surface area contributed by atoms with Gasteiger partial charge in [-0.15, -0.1) is 0 Å². The zero-order chi connectivity index (χ0) is 25.7. The molecule has 0 atom stereocenters. The topological polar surface area (TPSA) is 91.1 Å². The van der Waals surface area contributed by atoms with Crippen molar-refractivity contribution in [2.75, 3.05) is 46.9 Å². The molecule has 0 saturated carbocycles. The monoisotopic (exact) mass is 510 g/mol. The van der Waals surface area contributed by atoms with Crippen LogP contribution in [0.5, 0.6) is 0 Å². The number of carbonyl (C=O) groups excluding carboxylic acids is 1. The maximum Gasteiger partial charge on any atom is 0.274 e. The molecule has 0 aliphatic carbocycles. The van der Waals surface area contributed by atoms with E-state index in [9.17, 15) is 13.9 Å². The maximum absolute atomic E-state index is 13.6. The molecule has 2 N–H and O–H groups in total. The summed E-state index contributed by atoms with van der Waals surface area (Å²) >= 11 is 0. The molecule has 1 fully saturated rings. The van der Waals surface area contributed by atoms with Crippen molar-refractivity contribution in [2.24, 2.45) is 0 Å². The van der Waals surface area contributed by atoms with Gasteiger partial charge in [0.2, 0.25) is 0 Å². The molecule has 5 rings (SSSR count). The van der Waals surface area contributed by atoms with Crippen molar-refractivity contribution in [1.29, 1.82) is 0 Å². The SMILES string of the molecule is CN(C)CC(C)(C)c1ccc(-n2nc(C(=O)N3CCOCC3)c3c2-c2ccccc2S(O)(O)C3)cc1. The first kappa shape index (κ1) is 25.0. The van der Waals surface area contributed by atoms with Crippen molar-refractivity contribution in [3.8, 4) is 16.9 Å². The molecular formula is C27H34N4O4S. The molecule has 0 bridgehead atoms. The van der Waals surface area contributed by atoms with Crippen LogP contribution in [-0.4, -0.2) is 81.5 Å². The Bertz CT molecular complexity index is 1280. The number of benzene rings is 2. The number of likely N-dealkylation sites (N-methyl/N-ethyl adjacent to an activating group) is 1. The first-order valence-corrected chi connectivity index (χ1v) is 13.9. The average Bonchev–Trinajstić information content (AvgIpc) is 3.22. The van der Waals surface area contributed by atoms with Crippen molar-refractivity contribution >= 4 is 16.5 Å². The number of nitrogens with zero attached hydrogens (tertiary/aromatic N) is 4. The number of ether oxygens (including phenoxy) is 1. The molecule has 1 amide bonds. The number of fused-ring (bicyclic) bond motifs is 3. The van der Waals surface area contributed by atoms with E-state index in [1.165, 1.54) is 5.56 Å². The molecule has 8 nitrogen and oxygen atoms in total. The molecular weight excluding hydrogens is 476 g/mol. The van der Waals surface area contributed by atoms with Gasteiger partial charge in [0.15, 0.2) is 5.69 Å². The van der Waals surface area contributed by atoms with Gasteiger partial charge >= 0.3 is 0 Å². The van der Waals surface area contributed by atoms with Gasteiger partial charge < -0.3 is 14.5 Å². The second-order valence-electron chi connectivity index (χ2n) is 10.5. The van der Waals surface area contributed by atoms with Crippen LogP contribution in [0.1, 0.15) is 35.5 Å². The molecule has 3 aromatic rings. The Labute approximate surface area is 213 Å². The lowest BCUT2D eigenvalue weighted by Crippen LogP contribution is -2.41. The summed E-state index contributed by atoms with van der Waals surface area (Å²) in [4.78, 5) is 18.0. The summed E-state index contributed by atoms with van der Waals surface area (Å²) in [6.45, 7) is 7.29. The van der Waals surface area contributed by atoms with Gasteiger partial charge in [-0.2, -0.15) is 15.7 Å². The van der Waals surface area contributed by atoms with Gasteiger partial charge in [-0.1, -0.05) is 44.2 Å². The molecule has 2 aliphatic heterocycles. The lowest BCUT2D eigenvalue weighted by atomic mass is 9.84. The Hall–Kier alpha value is -2.69. The second kappa shape index (κ2) is 9.32. The molecule has 0 radical (unpaired) electrons. The molecule has 9 heteroatoms. The molecule has 36 heavy (non-hydrogen) atoms. The van der Waals surface area contributed by atoms with Gasteiger partial charge in [0, 0.05) is 36.2 Å². The van der Waals surface area contributed by atoms with Crippen LogP contribution in [0.15, 0.2) is 53.4 Å². The third kappa shape index (κ3) is 4.46. The zero-order valence-electron chi connectivity index (χ0n) is 21.3. The summed E-state index contributed by atoms with van der Waals surface area (Å²) < 4.78 is 29.2. The summed E-state index contributed by atoms with van der Waals surface area (Å²) in [5.74, 6) is -0.231. The summed E-state index contributed by atoms with van der Waals surface area (Å²) in [7, 11) is 1.04. The van der Waals surface area contributed by atoms with E-state index in [1.54, 1.807) is 21.7 Å². The standard InChI is InChI=1S/C27H34N4O4S/c1-27(2,18-29(3)4)19-9-11-20(12-10-19)31-25-21-7-5-6-8-23(21)36(33,34)17-22(25)24(28-31)26(32)30-13-15-35-16-14-30/h5-12,33-34H,13-18H2,1-4H3. The molecule has 2 aromatic carbocycles. The van der Waals surface area contributed by atoms with E-state index in [0.29, 0.717) is 42.3 Å². The Morgan fingerprint density at radius 2 is 1.75 bits per heavy atom. The molecule has 3 heterocycles. The molecule has 2 aliphatic rings. The highest BCUT2D eigenvalue weighted by Crippen LogP contribution is 2.59. The Morgan fingerprint density at radius 1 is 1.08 bits per heavy atom. The smallest absolute Gasteiger partial charge is 0.274 e. The summed E-state index contributed by atoms with van der Waals surface area (Å²) in [5, 5.41) is 4.81. The maximum atomic E-state index is 13.6. The molecule has 192 valence electrons. The van der Waals surface area contributed by atoms with Gasteiger partial charge in [-0.05, 0) is 37.9 Å². The van der Waals surface area contributed by atoms with Crippen LogP contribution < -0.4 is 0 Å². The lowest BCUT2D eigenvalue weighted by Gasteiger charge is -2.38. The molecule has 1 aromatic heterocycles. The Kier molecular flexibility index (Phi) is 6.46. The predicted molar refractivity (Wildman–Crippen MR) is 142 cm³/mol. The number of carbonyl (C=O) groups is 1. The number of amides is 1. The third-order valence-electron chi connectivity index (χ3n) is 6.93. The first-order chi connectivity index (χ1) is 17.1. The zero-order valence-corrected chi connectivity index (χ0v) is 22.1. The Balaban J connectivity index is 1.64. The van der Waals surface area contributed by atoms with Crippen LogP contribution in [0.3, 0.4) is 0 Å². The van der Waals surface area contributed by atoms with Crippen LogP contribution >= 0.6 is 10.6 Å². The van der Waals surface area contributed by atoms with Crippen molar-refractivity contribution in [1.82, 2.24) is 19.6 Å². The quantitative estimate of drug-likeness (QED) is 0.526. The van der Waals surface area contributed by atoms with Crippen molar-refractivity contribution in [3.05, 3.63) is 65.4 Å². The number of aromatic nitrogens is 2. The van der Waals surface area contributed by atoms with Gasteiger partial charge in [-0.25, -0.2) is 4.68 Å². The normalized spacial score (nSPS) is 18.0. The Morgan fingerprint density at radius 3 is 2.42 bits per heavy atom. The van der Waals surface area contributed by atoms with E-state index >= 15 is 0 Å². The van der Waals surface area contributed by atoms with Gasteiger partial charge in [0.25, 0.3) is 5.91 Å². The minimum atomic E-state index is -3.10. The van der Waals surface area contributed by atoms with Crippen LogP contribution in [0.4, 0.5) is 0 Å². The fourth-order valence-electron chi connectivity index (χ4n) is 5.30. The van der Waals surface area contributed by atoms with E-state index in [2.05, 4.69) is 45.0 Å². The van der Waals surface area contributed by atoms with Crippen molar-refractivity contribution in [3.63, 3.8) is 0 Å². The number of hydrogen-bond acceptors (Lipinski definition) is 6. The summed E-state index contributed by atoms with van der Waals surface area (Å²) in [5.41, 5.74) is 4.30. The van der Waals surface area contributed by atoms with Gasteiger partial charge in [-0.3, -0.25) is 13.9 Å². The van der Waals surface area contributed by atoms with Crippen molar-refractivity contribution < 1.29 is 18.6 Å². The largest absolute Gasteiger partial charge is 0.378 e. The van der Waals surface area contributed by atoms with E-state index < -0.39 is 10.6 Å². The van der Waals surface area contributed by atoms with Crippen LogP contribution in [0.25, 0.3) is 16.9 Å². The average molecular weight is 511 g/mol. The van der Waals surface area contributed by atoms with E-state index in [1.807, 2.05) is 24.3 Å². The highest BCUT2D eigenvalue weighted by molar-refractivity contribution is 8.23. The molecule has 0 unspecified atom stereocenters. The van der Waals surface area contributed by atoms with E-state index in [0.717, 1.165) is 17.9 Å². The third-order valence-corrected chi connectivity index (χ3v) is 8.68. The van der Waals surface area contributed by atoms with Crippen LogP contribution in [0, 0.1) is 0 Å². The van der Waals surface area contributed by atoms with Crippen LogP contribution in [0.2, 0.25) is 0 Å². The molecule has 0 spiro atoms. The number of morpholine rings is 1. The minimum Gasteiger partial charge on any atom is -0.378 e. The van der Waals surface area contributed by atoms with Crippen LogP contribution in [-0.2, 0) is 15.9 Å². The summed E-state index contributed by atoms with van der Waals surface area (Å²) in [6, 6.07) is 15.6. The highest BCUT2D eigenvalue weighted by atomic mass is 32.3. The van der Waals surface area contributed by atoms with E-state index in [-0.39, 0.29) is 22.8 Å². The van der Waals surface area contributed by atoms with E-state index in [4.69, 9.17) is 9.84 Å². The first-order valence-electron chi connectivity index (χ1n) is 12.2.